The van der Waals surface area contributed by atoms with E-state index < -0.39 is 6.04 Å². The van der Waals surface area contributed by atoms with Gasteiger partial charge in [-0.25, -0.2) is 0 Å². The summed E-state index contributed by atoms with van der Waals surface area (Å²) in [4.78, 5) is 51.1. The van der Waals surface area contributed by atoms with Gasteiger partial charge in [0.15, 0.2) is 0 Å². The van der Waals surface area contributed by atoms with Crippen LogP contribution < -0.4 is 16.0 Å². The van der Waals surface area contributed by atoms with Crippen LogP contribution in [0.2, 0.25) is 0 Å². The molecule has 2 aromatic rings. The SMILES string of the molecule is CC(=O)Nc1cccc(C(C)NC(=O)CNC(=O)C2c3ccccc3C(=O)N2C2CC2)c1. The summed E-state index contributed by atoms with van der Waals surface area (Å²) in [5.41, 5.74) is 2.71. The van der Waals surface area contributed by atoms with Gasteiger partial charge in [-0.3, -0.25) is 19.2 Å². The van der Waals surface area contributed by atoms with Crippen LogP contribution in [0.15, 0.2) is 48.5 Å². The third kappa shape index (κ3) is 4.49. The second-order valence-corrected chi connectivity index (χ2v) is 8.25. The first-order chi connectivity index (χ1) is 15.3. The van der Waals surface area contributed by atoms with Crippen LogP contribution in [0.5, 0.6) is 0 Å². The Kier molecular flexibility index (Phi) is 5.94. The maximum absolute atomic E-state index is 13.0. The molecule has 1 saturated carbocycles. The summed E-state index contributed by atoms with van der Waals surface area (Å²) in [6.45, 7) is 3.06. The van der Waals surface area contributed by atoms with Crippen LogP contribution in [0.4, 0.5) is 5.69 Å². The van der Waals surface area contributed by atoms with Gasteiger partial charge in [-0.1, -0.05) is 30.3 Å². The highest BCUT2D eigenvalue weighted by Crippen LogP contribution is 2.41. The highest BCUT2D eigenvalue weighted by molar-refractivity contribution is 6.05. The molecule has 4 amide bonds. The summed E-state index contributed by atoms with van der Waals surface area (Å²) in [5, 5.41) is 8.25. The van der Waals surface area contributed by atoms with Crippen molar-refractivity contribution in [1.82, 2.24) is 15.5 Å². The van der Waals surface area contributed by atoms with Crippen molar-refractivity contribution >= 4 is 29.3 Å². The fraction of sp³-hybridized carbons (Fsp3) is 0.333. The van der Waals surface area contributed by atoms with E-state index in [1.807, 2.05) is 19.1 Å². The molecule has 0 aromatic heterocycles. The highest BCUT2D eigenvalue weighted by Gasteiger charge is 2.47. The Balaban J connectivity index is 1.37. The van der Waals surface area contributed by atoms with Crippen LogP contribution in [0, 0.1) is 0 Å². The lowest BCUT2D eigenvalue weighted by atomic mass is 10.0. The second kappa shape index (κ2) is 8.82. The zero-order valence-corrected chi connectivity index (χ0v) is 18.1. The van der Waals surface area contributed by atoms with Crippen molar-refractivity contribution in [2.45, 2.75) is 44.8 Å². The number of nitrogens with zero attached hydrogens (tertiary/aromatic N) is 1. The smallest absolute Gasteiger partial charge is 0.255 e. The molecular weight excluding hydrogens is 408 g/mol. The summed E-state index contributed by atoms with van der Waals surface area (Å²) >= 11 is 0. The molecule has 8 heteroatoms. The molecule has 1 fully saturated rings. The number of nitrogens with one attached hydrogen (secondary N) is 3. The van der Waals surface area contributed by atoms with Crippen molar-refractivity contribution in [3.05, 3.63) is 65.2 Å². The van der Waals surface area contributed by atoms with Gasteiger partial charge in [-0.15, -0.1) is 0 Å². The van der Waals surface area contributed by atoms with Crippen LogP contribution in [-0.4, -0.2) is 41.1 Å². The van der Waals surface area contributed by atoms with Gasteiger partial charge in [0.25, 0.3) is 5.91 Å². The van der Waals surface area contributed by atoms with E-state index >= 15 is 0 Å². The maximum Gasteiger partial charge on any atom is 0.255 e. The summed E-state index contributed by atoms with van der Waals surface area (Å²) in [5.74, 6) is -0.994. The Morgan fingerprint density at radius 1 is 1.09 bits per heavy atom. The van der Waals surface area contributed by atoms with Gasteiger partial charge in [-0.2, -0.15) is 0 Å². The van der Waals surface area contributed by atoms with E-state index in [4.69, 9.17) is 0 Å². The molecule has 3 N–H and O–H groups in total. The number of carbonyl (C=O) groups is 4. The third-order valence-corrected chi connectivity index (χ3v) is 5.69. The summed E-state index contributed by atoms with van der Waals surface area (Å²) in [6, 6.07) is 13.4. The fourth-order valence-electron chi connectivity index (χ4n) is 4.06. The van der Waals surface area contributed by atoms with Gasteiger partial charge in [0.1, 0.15) is 6.04 Å². The average molecular weight is 434 g/mol. The minimum absolute atomic E-state index is 0.0791. The minimum Gasteiger partial charge on any atom is -0.348 e. The zero-order valence-electron chi connectivity index (χ0n) is 18.1. The quantitative estimate of drug-likeness (QED) is 0.621. The average Bonchev–Trinajstić information content (AvgIpc) is 3.56. The van der Waals surface area contributed by atoms with Crippen molar-refractivity contribution in [3.8, 4) is 0 Å². The molecule has 1 heterocycles. The van der Waals surface area contributed by atoms with Crippen LogP contribution in [0.1, 0.15) is 60.3 Å². The van der Waals surface area contributed by atoms with Gasteiger partial charge in [0.05, 0.1) is 12.6 Å². The molecule has 1 aliphatic heterocycles. The lowest BCUT2D eigenvalue weighted by molar-refractivity contribution is -0.129. The topological polar surface area (TPSA) is 108 Å². The maximum atomic E-state index is 13.0. The normalized spacial score (nSPS) is 18.0. The Morgan fingerprint density at radius 3 is 2.56 bits per heavy atom. The van der Waals surface area contributed by atoms with Gasteiger partial charge in [0, 0.05) is 24.2 Å². The molecule has 0 saturated heterocycles. The monoisotopic (exact) mass is 434 g/mol. The number of hydrogen-bond acceptors (Lipinski definition) is 4. The van der Waals surface area contributed by atoms with Gasteiger partial charge in [0.2, 0.25) is 17.7 Å². The van der Waals surface area contributed by atoms with Crippen LogP contribution in [0.25, 0.3) is 0 Å². The molecule has 2 aliphatic rings. The van der Waals surface area contributed by atoms with E-state index in [-0.39, 0.29) is 42.3 Å². The third-order valence-electron chi connectivity index (χ3n) is 5.69. The van der Waals surface area contributed by atoms with E-state index in [0.29, 0.717) is 16.8 Å². The van der Waals surface area contributed by atoms with E-state index in [0.717, 1.165) is 18.4 Å². The summed E-state index contributed by atoms with van der Waals surface area (Å²) in [7, 11) is 0. The molecule has 0 bridgehead atoms. The number of amides is 4. The zero-order chi connectivity index (χ0) is 22.8. The van der Waals surface area contributed by atoms with Gasteiger partial charge >= 0.3 is 0 Å². The number of fused-ring (bicyclic) bond motifs is 1. The minimum atomic E-state index is -0.703. The van der Waals surface area contributed by atoms with E-state index in [2.05, 4.69) is 16.0 Å². The van der Waals surface area contributed by atoms with E-state index in [1.165, 1.54) is 6.92 Å². The molecule has 2 atom stereocenters. The molecule has 4 rings (SSSR count). The number of hydrogen-bond donors (Lipinski definition) is 3. The highest BCUT2D eigenvalue weighted by atomic mass is 16.2. The standard InChI is InChI=1S/C24H26N4O4/c1-14(16-6-5-7-17(12-16)27-15(2)29)26-21(30)13-25-23(31)22-19-8-3-4-9-20(19)24(32)28(22)18-10-11-18/h3-9,12,14,18,22H,10-11,13H2,1-2H3,(H,25,31)(H,26,30)(H,27,29). The summed E-state index contributed by atoms with van der Waals surface area (Å²) < 4.78 is 0. The molecule has 0 radical (unpaired) electrons. The van der Waals surface area contributed by atoms with E-state index in [1.54, 1.807) is 41.3 Å². The Bertz CT molecular complexity index is 1080. The number of benzene rings is 2. The Labute approximate surface area is 186 Å². The van der Waals surface area contributed by atoms with Crippen LogP contribution >= 0.6 is 0 Å². The molecular formula is C24H26N4O4. The van der Waals surface area contributed by atoms with Gasteiger partial charge in [-0.05, 0) is 49.1 Å². The first-order valence-electron chi connectivity index (χ1n) is 10.7. The first-order valence-corrected chi connectivity index (χ1v) is 10.7. The van der Waals surface area contributed by atoms with Crippen molar-refractivity contribution in [3.63, 3.8) is 0 Å². The predicted molar refractivity (Wildman–Crippen MR) is 119 cm³/mol. The van der Waals surface area contributed by atoms with Crippen LogP contribution in [-0.2, 0) is 14.4 Å². The van der Waals surface area contributed by atoms with Crippen molar-refractivity contribution in [2.75, 3.05) is 11.9 Å². The fourth-order valence-corrected chi connectivity index (χ4v) is 4.06. The molecule has 166 valence electrons. The molecule has 0 spiro atoms. The van der Waals surface area contributed by atoms with Crippen LogP contribution in [0.3, 0.4) is 0 Å². The van der Waals surface area contributed by atoms with Gasteiger partial charge < -0.3 is 20.9 Å². The van der Waals surface area contributed by atoms with Crippen molar-refractivity contribution in [1.29, 1.82) is 0 Å². The number of anilines is 1. The first kappa shape index (κ1) is 21.5. The lowest BCUT2D eigenvalue weighted by Crippen LogP contribution is -2.44. The predicted octanol–water partition coefficient (Wildman–Crippen LogP) is 2.30. The Hall–Kier alpha value is -3.68. The summed E-state index contributed by atoms with van der Waals surface area (Å²) in [6.07, 6.45) is 1.78. The van der Waals surface area contributed by atoms with Crippen molar-refractivity contribution in [2.24, 2.45) is 0 Å². The Morgan fingerprint density at radius 2 is 1.84 bits per heavy atom. The lowest BCUT2D eigenvalue weighted by Gasteiger charge is -2.24. The van der Waals surface area contributed by atoms with E-state index in [9.17, 15) is 19.2 Å². The number of rotatable bonds is 7. The number of carbonyl (C=O) groups excluding carboxylic acids is 4. The molecule has 2 aromatic carbocycles. The van der Waals surface area contributed by atoms with Crippen molar-refractivity contribution < 1.29 is 19.2 Å². The largest absolute Gasteiger partial charge is 0.348 e. The molecule has 2 unspecified atom stereocenters. The second-order valence-electron chi connectivity index (χ2n) is 8.25. The molecule has 8 nitrogen and oxygen atoms in total. The molecule has 32 heavy (non-hydrogen) atoms. The molecule has 1 aliphatic carbocycles.